The Kier molecular flexibility index (Phi) is 5.68. The lowest BCUT2D eigenvalue weighted by Gasteiger charge is -2.11. The number of imidazole rings is 1. The molecule has 0 aliphatic carbocycles. The van der Waals surface area contributed by atoms with Crippen molar-refractivity contribution in [3.8, 4) is 0 Å². The predicted octanol–water partition coefficient (Wildman–Crippen LogP) is 2.17. The average molecular weight is 257 g/mol. The smallest absolute Gasteiger partial charge is 0.203 e. The molecule has 0 aliphatic heterocycles. The van der Waals surface area contributed by atoms with Gasteiger partial charge in [-0.25, -0.2) is 4.98 Å². The summed E-state index contributed by atoms with van der Waals surface area (Å²) in [6.07, 6.45) is 5.82. The molecule has 0 saturated heterocycles. The molecule has 0 fully saturated rings. The molecule has 2 atom stereocenters. The van der Waals surface area contributed by atoms with E-state index in [1.54, 1.807) is 6.26 Å². The summed E-state index contributed by atoms with van der Waals surface area (Å²) in [5.74, 6) is 0.929. The molecular weight excluding hydrogens is 234 g/mol. The third-order valence-electron chi connectivity index (χ3n) is 2.76. The highest BCUT2D eigenvalue weighted by Crippen LogP contribution is 2.10. The van der Waals surface area contributed by atoms with E-state index in [4.69, 9.17) is 0 Å². The van der Waals surface area contributed by atoms with E-state index in [1.165, 1.54) is 0 Å². The molecule has 1 aromatic heterocycles. The van der Waals surface area contributed by atoms with Crippen molar-refractivity contribution in [3.63, 3.8) is 0 Å². The van der Waals surface area contributed by atoms with Crippen LogP contribution in [0, 0.1) is 6.92 Å². The second kappa shape index (κ2) is 6.79. The largest absolute Gasteiger partial charge is 0.356 e. The highest BCUT2D eigenvalue weighted by atomic mass is 32.2. The monoisotopic (exact) mass is 257 g/mol. The molecule has 0 aromatic carbocycles. The summed E-state index contributed by atoms with van der Waals surface area (Å²) in [6, 6.07) is 0. The van der Waals surface area contributed by atoms with E-state index in [2.05, 4.69) is 28.0 Å². The summed E-state index contributed by atoms with van der Waals surface area (Å²) < 4.78 is 13.4. The number of hydrogen-bond donors (Lipinski definition) is 1. The number of aryl methyl sites for hydroxylation is 2. The van der Waals surface area contributed by atoms with Gasteiger partial charge in [0.1, 0.15) is 0 Å². The van der Waals surface area contributed by atoms with Crippen LogP contribution in [0.1, 0.15) is 32.4 Å². The fourth-order valence-electron chi connectivity index (χ4n) is 1.65. The van der Waals surface area contributed by atoms with Gasteiger partial charge in [-0.05, 0) is 19.8 Å². The Morgan fingerprint density at radius 1 is 1.59 bits per heavy atom. The topological polar surface area (TPSA) is 46.9 Å². The highest BCUT2D eigenvalue weighted by Gasteiger charge is 2.07. The second-order valence-corrected chi connectivity index (χ2v) is 6.23. The zero-order valence-electron chi connectivity index (χ0n) is 11.2. The Balaban J connectivity index is 2.48. The van der Waals surface area contributed by atoms with Crippen LogP contribution in [0.4, 0.5) is 5.95 Å². The molecule has 98 valence electrons. The first-order chi connectivity index (χ1) is 8.04. The Bertz CT molecular complexity index is 376. The van der Waals surface area contributed by atoms with Gasteiger partial charge in [-0.15, -0.1) is 0 Å². The third kappa shape index (κ3) is 4.50. The van der Waals surface area contributed by atoms with Crippen molar-refractivity contribution in [2.75, 3.05) is 18.1 Å². The Labute approximate surface area is 106 Å². The lowest BCUT2D eigenvalue weighted by atomic mass is 10.3. The molecule has 4 nitrogen and oxygen atoms in total. The van der Waals surface area contributed by atoms with Crippen LogP contribution < -0.4 is 5.32 Å². The van der Waals surface area contributed by atoms with Crippen LogP contribution in [-0.2, 0) is 17.3 Å². The number of nitrogens with one attached hydrogen (secondary N) is 1. The Morgan fingerprint density at radius 3 is 2.88 bits per heavy atom. The molecule has 1 aromatic rings. The van der Waals surface area contributed by atoms with Gasteiger partial charge in [0.25, 0.3) is 0 Å². The SMILES string of the molecule is CCCn1cc(C)nc1NCCC(C)S(C)=O. The molecule has 1 N–H and O–H groups in total. The van der Waals surface area contributed by atoms with Crippen molar-refractivity contribution in [2.45, 2.75) is 45.4 Å². The third-order valence-corrected chi connectivity index (χ3v) is 4.13. The van der Waals surface area contributed by atoms with Crippen LogP contribution in [-0.4, -0.2) is 31.8 Å². The quantitative estimate of drug-likeness (QED) is 0.814. The minimum Gasteiger partial charge on any atom is -0.356 e. The van der Waals surface area contributed by atoms with E-state index in [-0.39, 0.29) is 5.25 Å². The van der Waals surface area contributed by atoms with Crippen LogP contribution in [0.5, 0.6) is 0 Å². The van der Waals surface area contributed by atoms with Gasteiger partial charge < -0.3 is 9.88 Å². The molecule has 0 amide bonds. The lowest BCUT2D eigenvalue weighted by molar-refractivity contribution is 0.667. The molecule has 0 bridgehead atoms. The van der Waals surface area contributed by atoms with Gasteiger partial charge in [0.15, 0.2) is 0 Å². The van der Waals surface area contributed by atoms with Gasteiger partial charge in [-0.1, -0.05) is 13.8 Å². The zero-order valence-corrected chi connectivity index (χ0v) is 12.0. The van der Waals surface area contributed by atoms with Gasteiger partial charge in [0.05, 0.1) is 5.69 Å². The molecule has 1 rings (SSSR count). The molecule has 1 heterocycles. The van der Waals surface area contributed by atoms with E-state index in [0.717, 1.165) is 37.6 Å². The minimum absolute atomic E-state index is 0.234. The fraction of sp³-hybridized carbons (Fsp3) is 0.750. The van der Waals surface area contributed by atoms with Gasteiger partial charge in [-0.2, -0.15) is 0 Å². The van der Waals surface area contributed by atoms with Crippen molar-refractivity contribution < 1.29 is 4.21 Å². The summed E-state index contributed by atoms with van der Waals surface area (Å²) in [5.41, 5.74) is 1.04. The summed E-state index contributed by atoms with van der Waals surface area (Å²) in [4.78, 5) is 4.45. The second-order valence-electron chi connectivity index (χ2n) is 4.42. The van der Waals surface area contributed by atoms with Crippen molar-refractivity contribution in [1.29, 1.82) is 0 Å². The lowest BCUT2D eigenvalue weighted by Crippen LogP contribution is -2.16. The van der Waals surface area contributed by atoms with E-state index in [0.29, 0.717) is 0 Å². The minimum atomic E-state index is -0.739. The molecule has 2 unspecified atom stereocenters. The molecule has 17 heavy (non-hydrogen) atoms. The molecule has 0 aliphatic rings. The first-order valence-electron chi connectivity index (χ1n) is 6.14. The van der Waals surface area contributed by atoms with Gasteiger partial charge in [0, 0.05) is 41.6 Å². The van der Waals surface area contributed by atoms with Crippen molar-refractivity contribution in [2.24, 2.45) is 0 Å². The first kappa shape index (κ1) is 14.2. The molecule has 0 saturated carbocycles. The number of aromatic nitrogens is 2. The Morgan fingerprint density at radius 2 is 2.29 bits per heavy atom. The maximum atomic E-state index is 11.2. The number of nitrogens with zero attached hydrogens (tertiary/aromatic N) is 2. The summed E-state index contributed by atoms with van der Waals surface area (Å²) in [7, 11) is -0.739. The standard InChI is InChI=1S/C12H23N3OS/c1-5-8-15-9-10(2)14-12(15)13-7-6-11(3)17(4)16/h9,11H,5-8H2,1-4H3,(H,13,14). The number of anilines is 1. The van der Waals surface area contributed by atoms with Gasteiger partial charge in [0.2, 0.25) is 5.95 Å². The van der Waals surface area contributed by atoms with Crippen LogP contribution in [0.2, 0.25) is 0 Å². The predicted molar refractivity (Wildman–Crippen MR) is 73.9 cm³/mol. The van der Waals surface area contributed by atoms with Crippen LogP contribution >= 0.6 is 0 Å². The fourth-order valence-corrected chi connectivity index (χ4v) is 2.10. The van der Waals surface area contributed by atoms with E-state index < -0.39 is 10.8 Å². The summed E-state index contributed by atoms with van der Waals surface area (Å²) in [6.45, 7) is 7.98. The highest BCUT2D eigenvalue weighted by molar-refractivity contribution is 7.84. The summed E-state index contributed by atoms with van der Waals surface area (Å²) in [5, 5.41) is 3.56. The summed E-state index contributed by atoms with van der Waals surface area (Å²) >= 11 is 0. The van der Waals surface area contributed by atoms with Crippen LogP contribution in [0.3, 0.4) is 0 Å². The number of hydrogen-bond acceptors (Lipinski definition) is 3. The van der Waals surface area contributed by atoms with Crippen molar-refractivity contribution >= 4 is 16.7 Å². The van der Waals surface area contributed by atoms with Crippen LogP contribution in [0.15, 0.2) is 6.20 Å². The first-order valence-corrected chi connectivity index (χ1v) is 7.76. The average Bonchev–Trinajstić information content (AvgIpc) is 2.59. The van der Waals surface area contributed by atoms with Gasteiger partial charge in [-0.3, -0.25) is 4.21 Å². The molecule has 5 heteroatoms. The zero-order chi connectivity index (χ0) is 12.8. The van der Waals surface area contributed by atoms with E-state index in [9.17, 15) is 4.21 Å². The van der Waals surface area contributed by atoms with Gasteiger partial charge >= 0.3 is 0 Å². The molecular formula is C12H23N3OS. The van der Waals surface area contributed by atoms with Crippen molar-refractivity contribution in [3.05, 3.63) is 11.9 Å². The number of rotatable bonds is 7. The van der Waals surface area contributed by atoms with Crippen LogP contribution in [0.25, 0.3) is 0 Å². The van der Waals surface area contributed by atoms with E-state index in [1.807, 2.05) is 13.8 Å². The maximum Gasteiger partial charge on any atom is 0.203 e. The normalized spacial score (nSPS) is 14.6. The molecule has 0 radical (unpaired) electrons. The van der Waals surface area contributed by atoms with Crippen molar-refractivity contribution in [1.82, 2.24) is 9.55 Å². The maximum absolute atomic E-state index is 11.2. The van der Waals surface area contributed by atoms with E-state index >= 15 is 0 Å². The molecule has 0 spiro atoms. The Hall–Kier alpha value is -0.840.